The van der Waals surface area contributed by atoms with Crippen molar-refractivity contribution in [2.24, 2.45) is 15.9 Å². The normalized spacial score (nSPS) is 25.6. The molecule has 6 rings (SSSR count). The first kappa shape index (κ1) is 26.1. The zero-order chi connectivity index (χ0) is 28.1. The lowest BCUT2D eigenvalue weighted by molar-refractivity contribution is -0.786. The molecule has 2 fully saturated rings. The summed E-state index contributed by atoms with van der Waals surface area (Å²) >= 11 is 0. The number of fused-ring (bicyclic) bond motifs is 2. The third-order valence-electron chi connectivity index (χ3n) is 7.97. The lowest BCUT2D eigenvalue weighted by Crippen LogP contribution is -2.55. The maximum atomic E-state index is 13.0. The number of amides is 2. The Morgan fingerprint density at radius 2 is 1.93 bits per heavy atom. The fourth-order valence-electron chi connectivity index (χ4n) is 5.90. The molecular formula is C28H27F3N7O2+. The highest BCUT2D eigenvalue weighted by atomic mass is 19.4. The molecule has 2 saturated heterocycles. The standard InChI is InChI=1S/C28H26F3N7O2/c1-32-38-13-12-33-15-22(38)25(19-6-7-21-8-9-24(39)37(21)16-19)36-26(38)17-2-4-18(5-3-17)27(40)35-23-14-20(10-11-34-23)28(29,30)31/h2-5,10-15,19,21,32H,6-9,16H2,1H3/p+1/t19-,21+,38?/m1/s1. The van der Waals surface area contributed by atoms with E-state index >= 15 is 0 Å². The molecule has 0 saturated carbocycles. The molecule has 5 heterocycles. The van der Waals surface area contributed by atoms with E-state index in [9.17, 15) is 22.8 Å². The molecule has 9 nitrogen and oxygen atoms in total. The van der Waals surface area contributed by atoms with E-state index in [1.165, 1.54) is 0 Å². The summed E-state index contributed by atoms with van der Waals surface area (Å²) in [4.78, 5) is 40.5. The van der Waals surface area contributed by atoms with Gasteiger partial charge in [-0.15, -0.1) is 4.59 Å². The number of halogens is 3. The van der Waals surface area contributed by atoms with E-state index in [1.807, 2.05) is 18.1 Å². The van der Waals surface area contributed by atoms with Crippen LogP contribution in [-0.4, -0.2) is 58.0 Å². The number of hydrogen-bond acceptors (Lipinski definition) is 6. The number of aromatic nitrogens is 1. The summed E-state index contributed by atoms with van der Waals surface area (Å²) < 4.78 is 39.2. The number of quaternary nitrogens is 1. The van der Waals surface area contributed by atoms with Gasteiger partial charge in [-0.3, -0.25) is 14.6 Å². The van der Waals surface area contributed by atoms with Crippen LogP contribution in [0.5, 0.6) is 0 Å². The fourth-order valence-corrected chi connectivity index (χ4v) is 5.90. The van der Waals surface area contributed by atoms with Gasteiger partial charge >= 0.3 is 6.18 Å². The van der Waals surface area contributed by atoms with Crippen molar-refractivity contribution in [2.45, 2.75) is 37.9 Å². The van der Waals surface area contributed by atoms with Gasteiger partial charge in [0.15, 0.2) is 0 Å². The maximum Gasteiger partial charge on any atom is 0.416 e. The van der Waals surface area contributed by atoms with Gasteiger partial charge in [0.1, 0.15) is 17.7 Å². The van der Waals surface area contributed by atoms with E-state index in [-0.39, 0.29) is 27.8 Å². The lowest BCUT2D eigenvalue weighted by Gasteiger charge is -2.35. The van der Waals surface area contributed by atoms with Crippen LogP contribution in [-0.2, 0) is 11.0 Å². The van der Waals surface area contributed by atoms with Crippen LogP contribution in [0.25, 0.3) is 0 Å². The van der Waals surface area contributed by atoms with Crippen LogP contribution >= 0.6 is 0 Å². The number of pyridine rings is 1. The first-order valence-electron chi connectivity index (χ1n) is 13.1. The van der Waals surface area contributed by atoms with E-state index in [1.54, 1.807) is 36.7 Å². The summed E-state index contributed by atoms with van der Waals surface area (Å²) in [5.41, 5.74) is 5.23. The minimum atomic E-state index is -4.54. The summed E-state index contributed by atoms with van der Waals surface area (Å²) in [6.07, 6.45) is 5.23. The Bertz CT molecular complexity index is 1500. The Morgan fingerprint density at radius 3 is 2.67 bits per heavy atom. The third kappa shape index (κ3) is 4.42. The van der Waals surface area contributed by atoms with Gasteiger partial charge in [0.2, 0.25) is 11.6 Å². The number of amidine groups is 1. The van der Waals surface area contributed by atoms with Gasteiger partial charge in [0.05, 0.1) is 23.5 Å². The van der Waals surface area contributed by atoms with Crippen molar-refractivity contribution in [1.82, 2.24) is 15.3 Å². The molecule has 1 unspecified atom stereocenters. The number of allylic oxidation sites excluding steroid dienone is 1. The quantitative estimate of drug-likeness (QED) is 0.545. The van der Waals surface area contributed by atoms with Gasteiger partial charge < -0.3 is 10.2 Å². The van der Waals surface area contributed by atoms with Crippen LogP contribution < -0.4 is 10.7 Å². The number of piperidine rings is 1. The van der Waals surface area contributed by atoms with Crippen molar-refractivity contribution in [3.8, 4) is 0 Å². The average molecular weight is 551 g/mol. The van der Waals surface area contributed by atoms with Crippen LogP contribution in [0.2, 0.25) is 0 Å². The number of rotatable bonds is 5. The predicted molar refractivity (Wildman–Crippen MR) is 142 cm³/mol. The van der Waals surface area contributed by atoms with Crippen LogP contribution in [0, 0.1) is 5.92 Å². The number of carbonyl (C=O) groups is 2. The highest BCUT2D eigenvalue weighted by Crippen LogP contribution is 2.41. The zero-order valence-electron chi connectivity index (χ0n) is 21.7. The molecule has 0 spiro atoms. The van der Waals surface area contributed by atoms with Gasteiger partial charge in [-0.2, -0.15) is 23.6 Å². The largest absolute Gasteiger partial charge is 0.416 e. The van der Waals surface area contributed by atoms with E-state index in [4.69, 9.17) is 4.99 Å². The topological polar surface area (TPSA) is 99.0 Å². The van der Waals surface area contributed by atoms with Gasteiger partial charge in [-0.25, -0.2) is 4.98 Å². The molecule has 206 valence electrons. The molecule has 1 aromatic heterocycles. The highest BCUT2D eigenvalue weighted by Gasteiger charge is 2.49. The van der Waals surface area contributed by atoms with Crippen LogP contribution in [0.1, 0.15) is 47.2 Å². The summed E-state index contributed by atoms with van der Waals surface area (Å²) in [7, 11) is 1.83. The second kappa shape index (κ2) is 9.79. The molecule has 4 aliphatic rings. The summed E-state index contributed by atoms with van der Waals surface area (Å²) in [6.45, 7) is 0.628. The molecule has 0 bridgehead atoms. The van der Waals surface area contributed by atoms with Crippen molar-refractivity contribution in [3.05, 3.63) is 83.1 Å². The lowest BCUT2D eigenvalue weighted by atomic mass is 9.90. The van der Waals surface area contributed by atoms with Crippen molar-refractivity contribution < 1.29 is 27.4 Å². The molecule has 40 heavy (non-hydrogen) atoms. The van der Waals surface area contributed by atoms with Crippen molar-refractivity contribution in [3.63, 3.8) is 0 Å². The maximum absolute atomic E-state index is 13.0. The van der Waals surface area contributed by atoms with Crippen molar-refractivity contribution in [1.29, 1.82) is 0 Å². The van der Waals surface area contributed by atoms with E-state index in [0.717, 1.165) is 54.5 Å². The number of aliphatic imine (C=N–C) groups is 2. The Hall–Kier alpha value is -4.16. The van der Waals surface area contributed by atoms with E-state index in [0.29, 0.717) is 24.8 Å². The zero-order valence-corrected chi connectivity index (χ0v) is 21.7. The molecule has 1 aromatic carbocycles. The molecule has 2 amide bonds. The Balaban J connectivity index is 1.26. The molecule has 0 radical (unpaired) electrons. The van der Waals surface area contributed by atoms with Crippen molar-refractivity contribution in [2.75, 3.05) is 18.9 Å². The Morgan fingerprint density at radius 1 is 1.12 bits per heavy atom. The summed E-state index contributed by atoms with van der Waals surface area (Å²) in [5.74, 6) is 0.186. The third-order valence-corrected chi connectivity index (χ3v) is 7.97. The smallest absolute Gasteiger partial charge is 0.339 e. The monoisotopic (exact) mass is 550 g/mol. The summed E-state index contributed by atoms with van der Waals surface area (Å²) in [6, 6.07) is 8.66. The van der Waals surface area contributed by atoms with Crippen molar-refractivity contribution >= 4 is 29.7 Å². The molecule has 0 aliphatic carbocycles. The minimum absolute atomic E-state index is 0.0691. The summed E-state index contributed by atoms with van der Waals surface area (Å²) in [5, 5.41) is 2.43. The first-order valence-corrected chi connectivity index (χ1v) is 13.1. The highest BCUT2D eigenvalue weighted by molar-refractivity contribution is 6.05. The molecule has 2 N–H and O–H groups in total. The SMILES string of the molecule is CN[N+]12C=CN=CC1=C([C@@H]1CC[C@H]3CCC(=O)N3C1)N=C2c1ccc(C(=O)Nc2cc(C(F)(F)F)ccn2)cc1. The average Bonchev–Trinajstić information content (AvgIpc) is 3.51. The van der Waals surface area contributed by atoms with Crippen LogP contribution in [0.3, 0.4) is 0 Å². The number of anilines is 1. The number of alkyl halides is 3. The Kier molecular flexibility index (Phi) is 6.38. The van der Waals surface area contributed by atoms with E-state index < -0.39 is 17.6 Å². The van der Waals surface area contributed by atoms with E-state index in [2.05, 4.69) is 20.7 Å². The number of nitrogens with one attached hydrogen (secondary N) is 2. The van der Waals surface area contributed by atoms with Gasteiger partial charge in [-0.1, -0.05) is 0 Å². The van der Waals surface area contributed by atoms with Gasteiger partial charge in [-0.05, 0) is 55.7 Å². The number of nitrogens with zero attached hydrogens (tertiary/aromatic N) is 5. The van der Waals surface area contributed by atoms with Gasteiger partial charge in [0.25, 0.3) is 11.7 Å². The number of benzene rings is 1. The first-order chi connectivity index (χ1) is 19.2. The van der Waals surface area contributed by atoms with Crippen LogP contribution in [0.4, 0.5) is 19.0 Å². The minimum Gasteiger partial charge on any atom is -0.339 e. The molecule has 3 atom stereocenters. The van der Waals surface area contributed by atoms with Gasteiger partial charge in [0, 0.05) is 43.7 Å². The molecule has 2 aromatic rings. The molecule has 12 heteroatoms. The number of hydrogen-bond donors (Lipinski definition) is 2. The Labute approximate surface area is 228 Å². The second-order valence-corrected chi connectivity index (χ2v) is 10.2. The predicted octanol–water partition coefficient (Wildman–Crippen LogP) is 4.23. The fraction of sp³-hybridized carbons (Fsp3) is 0.321. The number of carbonyl (C=O) groups excluding carboxylic acids is 2. The second-order valence-electron chi connectivity index (χ2n) is 10.2. The molecule has 4 aliphatic heterocycles. The van der Waals surface area contributed by atoms with Crippen LogP contribution in [0.15, 0.2) is 76.4 Å². The molecular weight excluding hydrogens is 523 g/mol.